The van der Waals surface area contributed by atoms with E-state index in [1.54, 1.807) is 18.4 Å². The number of nitrogens with zero attached hydrogens (tertiary/aromatic N) is 2. The highest BCUT2D eigenvalue weighted by atomic mass is 35.5. The van der Waals surface area contributed by atoms with Gasteiger partial charge in [0.05, 0.1) is 23.2 Å². The van der Waals surface area contributed by atoms with E-state index in [1.807, 2.05) is 12.1 Å². The summed E-state index contributed by atoms with van der Waals surface area (Å²) in [6.07, 6.45) is 3.47. The van der Waals surface area contributed by atoms with Gasteiger partial charge in [-0.3, -0.25) is 0 Å². The van der Waals surface area contributed by atoms with E-state index in [-0.39, 0.29) is 6.04 Å². The summed E-state index contributed by atoms with van der Waals surface area (Å²) in [6.45, 7) is 3.09. The van der Waals surface area contributed by atoms with Crippen LogP contribution >= 0.6 is 22.9 Å². The molecule has 0 aromatic carbocycles. The molecule has 20 heavy (non-hydrogen) atoms. The van der Waals surface area contributed by atoms with E-state index in [9.17, 15) is 0 Å². The molecule has 0 aliphatic heterocycles. The van der Waals surface area contributed by atoms with Crippen LogP contribution in [0.25, 0.3) is 0 Å². The maximum absolute atomic E-state index is 5.99. The molecule has 0 radical (unpaired) electrons. The number of methoxy groups -OCH3 is 1. The van der Waals surface area contributed by atoms with Gasteiger partial charge in [0, 0.05) is 17.4 Å². The van der Waals surface area contributed by atoms with Crippen molar-refractivity contribution in [1.82, 2.24) is 15.3 Å². The lowest BCUT2D eigenvalue weighted by Crippen LogP contribution is -2.24. The molecule has 0 spiro atoms. The van der Waals surface area contributed by atoms with E-state index in [0.29, 0.717) is 5.88 Å². The molecule has 0 fully saturated rings. The number of hydrogen-bond donors (Lipinski definition) is 1. The van der Waals surface area contributed by atoms with Gasteiger partial charge in [-0.15, -0.1) is 11.3 Å². The molecular formula is C14H18ClN3OS. The van der Waals surface area contributed by atoms with Crippen LogP contribution in [0, 0.1) is 0 Å². The molecule has 108 valence electrons. The Balaban J connectivity index is 2.17. The highest BCUT2D eigenvalue weighted by Crippen LogP contribution is 2.26. The molecule has 0 aliphatic carbocycles. The molecule has 0 amide bonds. The lowest BCUT2D eigenvalue weighted by Gasteiger charge is -2.17. The molecule has 2 heterocycles. The van der Waals surface area contributed by atoms with Crippen molar-refractivity contribution in [3.8, 4) is 5.88 Å². The Morgan fingerprint density at radius 3 is 2.90 bits per heavy atom. The van der Waals surface area contributed by atoms with Gasteiger partial charge in [0.15, 0.2) is 0 Å². The largest absolute Gasteiger partial charge is 0.481 e. The minimum atomic E-state index is 0.140. The first kappa shape index (κ1) is 15.2. The number of ether oxygens (including phenoxy) is 1. The van der Waals surface area contributed by atoms with Gasteiger partial charge in [-0.2, -0.15) is 0 Å². The van der Waals surface area contributed by atoms with Gasteiger partial charge in [-0.1, -0.05) is 18.5 Å². The summed E-state index contributed by atoms with van der Waals surface area (Å²) in [5.41, 5.74) is 0.940. The number of rotatable bonds is 7. The van der Waals surface area contributed by atoms with Crippen LogP contribution in [0.4, 0.5) is 0 Å². The quantitative estimate of drug-likeness (QED) is 0.850. The van der Waals surface area contributed by atoms with E-state index in [1.165, 1.54) is 11.2 Å². The number of halogens is 1. The predicted molar refractivity (Wildman–Crippen MR) is 82.7 cm³/mol. The predicted octanol–water partition coefficient (Wildman–Crippen LogP) is 3.48. The van der Waals surface area contributed by atoms with Crippen LogP contribution in [0.1, 0.15) is 30.0 Å². The molecule has 4 nitrogen and oxygen atoms in total. The average Bonchev–Trinajstić information content (AvgIpc) is 2.88. The number of thiophene rings is 1. The summed E-state index contributed by atoms with van der Waals surface area (Å²) < 4.78 is 5.98. The first-order chi connectivity index (χ1) is 9.72. The lowest BCUT2D eigenvalue weighted by atomic mass is 10.1. The molecular weight excluding hydrogens is 294 g/mol. The maximum atomic E-state index is 5.99. The normalized spacial score (nSPS) is 12.3. The standard InChI is InChI=1S/C14H18ClN3OS/c1-3-6-16-11(7-10-4-5-13(15)20-10)12-8-14(19-2)18-9-17-12/h4-5,8-9,11,16H,3,6-7H2,1-2H3. The topological polar surface area (TPSA) is 47.0 Å². The smallest absolute Gasteiger partial charge is 0.216 e. The molecule has 1 atom stereocenters. The summed E-state index contributed by atoms with van der Waals surface area (Å²) in [5, 5.41) is 3.51. The number of aromatic nitrogens is 2. The Kier molecular flexibility index (Phi) is 5.76. The SMILES string of the molecule is CCCNC(Cc1ccc(Cl)s1)c1cc(OC)ncn1. The van der Waals surface area contributed by atoms with Crippen molar-refractivity contribution in [2.75, 3.05) is 13.7 Å². The maximum Gasteiger partial charge on any atom is 0.216 e. The Labute approximate surface area is 128 Å². The zero-order valence-corrected chi connectivity index (χ0v) is 13.2. The van der Waals surface area contributed by atoms with Crippen molar-refractivity contribution in [3.05, 3.63) is 39.4 Å². The Hall–Kier alpha value is -1.17. The van der Waals surface area contributed by atoms with Crippen molar-refractivity contribution in [2.45, 2.75) is 25.8 Å². The first-order valence-electron chi connectivity index (χ1n) is 6.56. The third-order valence-electron chi connectivity index (χ3n) is 2.90. The minimum Gasteiger partial charge on any atom is -0.481 e. The first-order valence-corrected chi connectivity index (χ1v) is 7.76. The van der Waals surface area contributed by atoms with Gasteiger partial charge in [-0.05, 0) is 25.1 Å². The van der Waals surface area contributed by atoms with Crippen LogP contribution in [0.2, 0.25) is 4.34 Å². The third kappa shape index (κ3) is 4.16. The van der Waals surface area contributed by atoms with Gasteiger partial charge in [-0.25, -0.2) is 9.97 Å². The van der Waals surface area contributed by atoms with Crippen LogP contribution < -0.4 is 10.1 Å². The van der Waals surface area contributed by atoms with Crippen molar-refractivity contribution >= 4 is 22.9 Å². The van der Waals surface area contributed by atoms with Crippen molar-refractivity contribution in [2.24, 2.45) is 0 Å². The van der Waals surface area contributed by atoms with Crippen LogP contribution in [-0.4, -0.2) is 23.6 Å². The van der Waals surface area contributed by atoms with E-state index in [0.717, 1.165) is 29.4 Å². The second kappa shape index (κ2) is 7.57. The zero-order valence-electron chi connectivity index (χ0n) is 11.6. The zero-order chi connectivity index (χ0) is 14.4. The summed E-state index contributed by atoms with van der Waals surface area (Å²) in [7, 11) is 1.61. The van der Waals surface area contributed by atoms with Crippen molar-refractivity contribution < 1.29 is 4.74 Å². The van der Waals surface area contributed by atoms with Gasteiger partial charge in [0.25, 0.3) is 0 Å². The fourth-order valence-electron chi connectivity index (χ4n) is 1.92. The fourth-order valence-corrected chi connectivity index (χ4v) is 3.05. The van der Waals surface area contributed by atoms with E-state index < -0.39 is 0 Å². The van der Waals surface area contributed by atoms with Gasteiger partial charge in [0.1, 0.15) is 6.33 Å². The highest BCUT2D eigenvalue weighted by molar-refractivity contribution is 7.16. The summed E-state index contributed by atoms with van der Waals surface area (Å²) in [5.74, 6) is 0.586. The summed E-state index contributed by atoms with van der Waals surface area (Å²) in [6, 6.07) is 6.01. The van der Waals surface area contributed by atoms with Gasteiger partial charge >= 0.3 is 0 Å². The van der Waals surface area contributed by atoms with E-state index in [2.05, 4.69) is 28.3 Å². The summed E-state index contributed by atoms with van der Waals surface area (Å²) in [4.78, 5) is 9.65. The molecule has 1 unspecified atom stereocenters. The molecule has 1 N–H and O–H groups in total. The molecule has 2 rings (SSSR count). The second-order valence-corrected chi connectivity index (χ2v) is 6.20. The van der Waals surface area contributed by atoms with E-state index in [4.69, 9.17) is 16.3 Å². The minimum absolute atomic E-state index is 0.140. The lowest BCUT2D eigenvalue weighted by molar-refractivity contribution is 0.393. The third-order valence-corrected chi connectivity index (χ3v) is 4.16. The van der Waals surface area contributed by atoms with Crippen LogP contribution in [0.5, 0.6) is 5.88 Å². The Morgan fingerprint density at radius 1 is 1.40 bits per heavy atom. The molecule has 6 heteroatoms. The van der Waals surface area contributed by atoms with Gasteiger partial charge < -0.3 is 10.1 Å². The number of nitrogens with one attached hydrogen (secondary N) is 1. The van der Waals surface area contributed by atoms with Crippen LogP contribution in [0.15, 0.2) is 24.5 Å². The van der Waals surface area contributed by atoms with Gasteiger partial charge in [0.2, 0.25) is 5.88 Å². The Bertz CT molecular complexity index is 547. The molecule has 2 aromatic rings. The molecule has 2 aromatic heterocycles. The second-order valence-electron chi connectivity index (χ2n) is 4.40. The molecule has 0 saturated heterocycles. The molecule has 0 saturated carbocycles. The van der Waals surface area contributed by atoms with Crippen LogP contribution in [-0.2, 0) is 6.42 Å². The fraction of sp³-hybridized carbons (Fsp3) is 0.429. The van der Waals surface area contributed by atoms with Crippen molar-refractivity contribution in [3.63, 3.8) is 0 Å². The van der Waals surface area contributed by atoms with Crippen LogP contribution in [0.3, 0.4) is 0 Å². The van der Waals surface area contributed by atoms with Crippen molar-refractivity contribution in [1.29, 1.82) is 0 Å². The monoisotopic (exact) mass is 311 g/mol. The number of hydrogen-bond acceptors (Lipinski definition) is 5. The van der Waals surface area contributed by atoms with E-state index >= 15 is 0 Å². The molecule has 0 bridgehead atoms. The highest BCUT2D eigenvalue weighted by Gasteiger charge is 2.15. The average molecular weight is 312 g/mol. The Morgan fingerprint density at radius 2 is 2.25 bits per heavy atom. The molecule has 0 aliphatic rings. The summed E-state index contributed by atoms with van der Waals surface area (Å²) >= 11 is 7.60.